The Morgan fingerprint density at radius 1 is 0.389 bits per heavy atom. The summed E-state index contributed by atoms with van der Waals surface area (Å²) in [6.07, 6.45) is 25.1. The number of carbonyl (C=O) groups excluding carboxylic acids is 6. The van der Waals surface area contributed by atoms with Crippen LogP contribution < -0.4 is 0 Å². The minimum atomic E-state index is -0.887. The Bertz CT molecular complexity index is 1050. The Balaban J connectivity index is 4.51. The molecule has 0 aliphatic carbocycles. The van der Waals surface area contributed by atoms with Gasteiger partial charge in [-0.1, -0.05) is 76.0 Å². The van der Waals surface area contributed by atoms with E-state index in [4.69, 9.17) is 28.4 Å². The lowest BCUT2D eigenvalue weighted by Crippen LogP contribution is -2.30. The Labute approximate surface area is 323 Å². The highest BCUT2D eigenvalue weighted by molar-refractivity contribution is 5.82. The van der Waals surface area contributed by atoms with Crippen LogP contribution in [-0.2, 0) is 57.2 Å². The van der Waals surface area contributed by atoms with Gasteiger partial charge >= 0.3 is 35.8 Å². The molecule has 0 N–H and O–H groups in total. The molecule has 0 unspecified atom stereocenters. The van der Waals surface area contributed by atoms with Crippen molar-refractivity contribution in [3.05, 3.63) is 36.5 Å². The van der Waals surface area contributed by atoms with Crippen LogP contribution in [0.15, 0.2) is 36.5 Å². The quantitative estimate of drug-likeness (QED) is 0.0263. The summed E-state index contributed by atoms with van der Waals surface area (Å²) in [4.78, 5) is 71.4. The van der Waals surface area contributed by atoms with E-state index in [-0.39, 0.29) is 50.4 Å². The van der Waals surface area contributed by atoms with E-state index < -0.39 is 24.0 Å². The minimum Gasteiger partial charge on any atom is -0.463 e. The highest BCUT2D eigenvalue weighted by Crippen LogP contribution is 2.12. The summed E-state index contributed by atoms with van der Waals surface area (Å²) in [5, 5.41) is 0. The number of hydrogen-bond donors (Lipinski definition) is 0. The topological polar surface area (TPSA) is 158 Å². The molecule has 12 nitrogen and oxygen atoms in total. The fourth-order valence-corrected chi connectivity index (χ4v) is 5.17. The molecule has 0 spiro atoms. The molecule has 0 fully saturated rings. The largest absolute Gasteiger partial charge is 0.463 e. The highest BCUT2D eigenvalue weighted by atomic mass is 16.6. The molecule has 308 valence electrons. The molecule has 0 saturated heterocycles. The maximum atomic E-state index is 12.6. The molecule has 0 saturated carbocycles. The number of carbonyl (C=O) groups is 6. The van der Waals surface area contributed by atoms with E-state index in [0.29, 0.717) is 39.1 Å². The van der Waals surface area contributed by atoms with Crippen molar-refractivity contribution >= 4 is 35.8 Å². The summed E-state index contributed by atoms with van der Waals surface area (Å²) in [7, 11) is 0. The van der Waals surface area contributed by atoms with Gasteiger partial charge in [-0.25, -0.2) is 14.4 Å². The molecule has 0 aliphatic rings. The standard InChI is InChI=1S/C42H68O12/c1-4-49-37(43)28-22-16-10-7-13-19-25-31-40(46)52-34-36(54-42(48)33-27-21-15-9-12-18-24-30-39(45)51-6-3)35-53-41(47)32-26-20-14-8-11-17-23-29-38(44)50-5-2/h22-24,28-30,36H,4-21,25-27,31-35H2,1-3H3/b28-22+,29-23+,30-24+. The molecule has 0 aliphatic heterocycles. The molecule has 0 aromatic heterocycles. The number of hydrogen-bond acceptors (Lipinski definition) is 12. The number of unbranched alkanes of at least 4 members (excludes halogenated alkanes) is 15. The fourth-order valence-electron chi connectivity index (χ4n) is 5.17. The Morgan fingerprint density at radius 2 is 0.685 bits per heavy atom. The summed E-state index contributed by atoms with van der Waals surface area (Å²) >= 11 is 0. The van der Waals surface area contributed by atoms with E-state index in [0.717, 1.165) is 96.3 Å². The molecule has 0 amide bonds. The van der Waals surface area contributed by atoms with Crippen LogP contribution in [0.1, 0.15) is 156 Å². The first kappa shape index (κ1) is 50.0. The van der Waals surface area contributed by atoms with Gasteiger partial charge in [-0.15, -0.1) is 0 Å². The molecule has 0 aromatic carbocycles. The predicted molar refractivity (Wildman–Crippen MR) is 206 cm³/mol. The molecule has 12 heteroatoms. The molecule has 0 aromatic rings. The van der Waals surface area contributed by atoms with Gasteiger partial charge < -0.3 is 28.4 Å². The monoisotopic (exact) mass is 764 g/mol. The molecule has 0 bridgehead atoms. The van der Waals surface area contributed by atoms with E-state index in [1.165, 1.54) is 18.2 Å². The zero-order chi connectivity index (χ0) is 39.9. The number of esters is 6. The van der Waals surface area contributed by atoms with Crippen LogP contribution in [0, 0.1) is 0 Å². The number of rotatable bonds is 35. The lowest BCUT2D eigenvalue weighted by atomic mass is 10.1. The lowest BCUT2D eigenvalue weighted by molar-refractivity contribution is -0.167. The lowest BCUT2D eigenvalue weighted by Gasteiger charge is -2.18. The van der Waals surface area contributed by atoms with Crippen molar-refractivity contribution in [2.75, 3.05) is 33.0 Å². The average molecular weight is 765 g/mol. The molecular weight excluding hydrogens is 696 g/mol. The van der Waals surface area contributed by atoms with E-state index in [1.54, 1.807) is 20.8 Å². The maximum Gasteiger partial charge on any atom is 0.330 e. The van der Waals surface area contributed by atoms with Crippen molar-refractivity contribution < 1.29 is 57.2 Å². The zero-order valence-electron chi connectivity index (χ0n) is 33.3. The first-order valence-corrected chi connectivity index (χ1v) is 20.2. The summed E-state index contributed by atoms with van der Waals surface area (Å²) in [6, 6.07) is 0. The van der Waals surface area contributed by atoms with E-state index in [9.17, 15) is 28.8 Å². The Kier molecular flexibility index (Phi) is 34.6. The van der Waals surface area contributed by atoms with Gasteiger partial charge in [0.15, 0.2) is 6.10 Å². The van der Waals surface area contributed by atoms with Crippen LogP contribution >= 0.6 is 0 Å². The third-order valence-corrected chi connectivity index (χ3v) is 8.04. The third kappa shape index (κ3) is 35.1. The minimum absolute atomic E-state index is 0.186. The molecule has 54 heavy (non-hydrogen) atoms. The van der Waals surface area contributed by atoms with Gasteiger partial charge in [0, 0.05) is 37.5 Å². The van der Waals surface area contributed by atoms with Crippen molar-refractivity contribution in [2.24, 2.45) is 0 Å². The average Bonchev–Trinajstić information content (AvgIpc) is 3.14. The summed E-state index contributed by atoms with van der Waals surface area (Å²) in [5.74, 6) is -2.21. The van der Waals surface area contributed by atoms with Crippen LogP contribution in [0.5, 0.6) is 0 Å². The summed E-state index contributed by atoms with van der Waals surface area (Å²) in [5.41, 5.74) is 0. The van der Waals surface area contributed by atoms with Gasteiger partial charge in [0.1, 0.15) is 13.2 Å². The van der Waals surface area contributed by atoms with Crippen molar-refractivity contribution in [1.82, 2.24) is 0 Å². The molecule has 0 radical (unpaired) electrons. The fraction of sp³-hybridized carbons (Fsp3) is 0.714. The first-order valence-electron chi connectivity index (χ1n) is 20.2. The number of allylic oxidation sites excluding steroid dienone is 3. The molecule has 0 rings (SSSR count). The normalized spacial score (nSPS) is 11.3. The van der Waals surface area contributed by atoms with Crippen molar-refractivity contribution in [1.29, 1.82) is 0 Å². The van der Waals surface area contributed by atoms with Crippen LogP contribution in [0.3, 0.4) is 0 Å². The van der Waals surface area contributed by atoms with Crippen molar-refractivity contribution in [3.63, 3.8) is 0 Å². The maximum absolute atomic E-state index is 12.6. The molecular formula is C42H68O12. The highest BCUT2D eigenvalue weighted by Gasteiger charge is 2.19. The van der Waals surface area contributed by atoms with Gasteiger partial charge in [0.05, 0.1) is 19.8 Å². The Morgan fingerprint density at radius 3 is 1.02 bits per heavy atom. The van der Waals surface area contributed by atoms with E-state index >= 15 is 0 Å². The van der Waals surface area contributed by atoms with E-state index in [2.05, 4.69) is 0 Å². The van der Waals surface area contributed by atoms with Crippen molar-refractivity contribution in [2.45, 2.75) is 162 Å². The summed E-state index contributed by atoms with van der Waals surface area (Å²) < 4.78 is 31.0. The second-order valence-corrected chi connectivity index (χ2v) is 12.9. The van der Waals surface area contributed by atoms with Crippen LogP contribution in [0.25, 0.3) is 0 Å². The van der Waals surface area contributed by atoms with Crippen LogP contribution in [0.2, 0.25) is 0 Å². The second kappa shape index (κ2) is 37.4. The van der Waals surface area contributed by atoms with Crippen LogP contribution in [0.4, 0.5) is 0 Å². The zero-order valence-corrected chi connectivity index (χ0v) is 33.3. The second-order valence-electron chi connectivity index (χ2n) is 12.9. The van der Waals surface area contributed by atoms with Gasteiger partial charge in [-0.3, -0.25) is 14.4 Å². The van der Waals surface area contributed by atoms with Gasteiger partial charge in [0.2, 0.25) is 0 Å². The SMILES string of the molecule is CCOC(=O)/C=C/CCCCCCCC(=O)OCC(COC(=O)CCCCCCC/C=C/C(=O)OCC)OC(=O)CCCCCCC/C=C/C(=O)OCC. The van der Waals surface area contributed by atoms with Crippen molar-refractivity contribution in [3.8, 4) is 0 Å². The van der Waals surface area contributed by atoms with Gasteiger partial charge in [-0.2, -0.15) is 0 Å². The van der Waals surface area contributed by atoms with Crippen LogP contribution in [-0.4, -0.2) is 75.0 Å². The Hall–Kier alpha value is -3.96. The first-order chi connectivity index (χ1) is 26.2. The smallest absolute Gasteiger partial charge is 0.330 e. The predicted octanol–water partition coefficient (Wildman–Crippen LogP) is 8.53. The van der Waals surface area contributed by atoms with E-state index in [1.807, 2.05) is 18.2 Å². The third-order valence-electron chi connectivity index (χ3n) is 8.04. The van der Waals surface area contributed by atoms with Gasteiger partial charge in [-0.05, 0) is 78.6 Å². The van der Waals surface area contributed by atoms with Gasteiger partial charge in [0.25, 0.3) is 0 Å². The molecule has 0 heterocycles. The molecule has 0 atom stereocenters. The summed E-state index contributed by atoms with van der Waals surface area (Å²) in [6.45, 7) is 6.00. The number of ether oxygens (including phenoxy) is 6.